The molecule has 206 valence electrons. The molecule has 0 aliphatic heterocycles. The van der Waals surface area contributed by atoms with Gasteiger partial charge in [0.25, 0.3) is 0 Å². The Morgan fingerprint density at radius 2 is 1.33 bits per heavy atom. The average molecular weight is 518 g/mol. The van der Waals surface area contributed by atoms with E-state index in [-0.39, 0.29) is 5.41 Å². The summed E-state index contributed by atoms with van der Waals surface area (Å²) < 4.78 is 5.50. The molecule has 0 bridgehead atoms. The monoisotopic (exact) mass is 517 g/mol. The minimum atomic E-state index is 0.00638. The highest BCUT2D eigenvalue weighted by Crippen LogP contribution is 2.31. The van der Waals surface area contributed by atoms with Crippen molar-refractivity contribution < 1.29 is 4.74 Å². The largest absolute Gasteiger partial charge is 0.496 e. The standard InChI is InChI=1S/C31H55N3OS/c1-6-7-8-9-10-11-12-13-14-15-16-17-18-19-20-21-24-32-30(36)34-33-26-27-22-23-29(35-5)28(25-27)31(2,3)4/h22-23,25-26H,6-21,24H2,1-5H3,(H2,32,34,36). The molecule has 0 fully saturated rings. The quantitative estimate of drug-likeness (QED) is 0.0783. The van der Waals surface area contributed by atoms with Crippen LogP contribution in [0.25, 0.3) is 0 Å². The molecule has 4 nitrogen and oxygen atoms in total. The molecule has 0 aliphatic rings. The second-order valence-electron chi connectivity index (χ2n) is 11.1. The van der Waals surface area contributed by atoms with E-state index in [0.717, 1.165) is 29.8 Å². The Balaban J connectivity index is 1.99. The normalized spacial score (nSPS) is 11.7. The molecule has 36 heavy (non-hydrogen) atoms. The lowest BCUT2D eigenvalue weighted by atomic mass is 9.85. The van der Waals surface area contributed by atoms with Gasteiger partial charge in [0.1, 0.15) is 5.75 Å². The molecule has 2 N–H and O–H groups in total. The molecule has 0 radical (unpaired) electrons. The Labute approximate surface area is 228 Å². The zero-order valence-electron chi connectivity index (χ0n) is 24.1. The Hall–Kier alpha value is -1.62. The highest BCUT2D eigenvalue weighted by Gasteiger charge is 2.18. The van der Waals surface area contributed by atoms with Crippen LogP contribution in [0.5, 0.6) is 5.75 Å². The van der Waals surface area contributed by atoms with Crippen LogP contribution in [0.2, 0.25) is 0 Å². The maximum atomic E-state index is 5.50. The van der Waals surface area contributed by atoms with Crippen molar-refractivity contribution in [2.45, 2.75) is 136 Å². The van der Waals surface area contributed by atoms with E-state index in [1.807, 2.05) is 12.1 Å². The van der Waals surface area contributed by atoms with Gasteiger partial charge in [0, 0.05) is 12.1 Å². The first-order chi connectivity index (χ1) is 17.4. The van der Waals surface area contributed by atoms with E-state index < -0.39 is 0 Å². The molecule has 0 aliphatic carbocycles. The summed E-state index contributed by atoms with van der Waals surface area (Å²) in [6.45, 7) is 9.73. The van der Waals surface area contributed by atoms with Crippen LogP contribution < -0.4 is 15.5 Å². The third-order valence-corrected chi connectivity index (χ3v) is 6.96. The van der Waals surface area contributed by atoms with Crippen molar-refractivity contribution in [3.8, 4) is 5.75 Å². The summed E-state index contributed by atoms with van der Waals surface area (Å²) in [5.74, 6) is 0.906. The maximum absolute atomic E-state index is 5.50. The van der Waals surface area contributed by atoms with Crippen LogP contribution in [0.15, 0.2) is 23.3 Å². The van der Waals surface area contributed by atoms with E-state index in [1.165, 1.54) is 96.3 Å². The van der Waals surface area contributed by atoms with Gasteiger partial charge in [-0.15, -0.1) is 0 Å². The van der Waals surface area contributed by atoms with Crippen LogP contribution in [0.4, 0.5) is 0 Å². The third kappa shape index (κ3) is 16.2. The van der Waals surface area contributed by atoms with Crippen LogP contribution >= 0.6 is 12.2 Å². The third-order valence-electron chi connectivity index (χ3n) is 6.73. The number of hydrogen-bond acceptors (Lipinski definition) is 3. The van der Waals surface area contributed by atoms with Gasteiger partial charge < -0.3 is 10.1 Å². The fourth-order valence-corrected chi connectivity index (χ4v) is 4.63. The summed E-state index contributed by atoms with van der Waals surface area (Å²) in [7, 11) is 1.71. The number of rotatable bonds is 20. The van der Waals surface area contributed by atoms with Crippen LogP contribution in [-0.2, 0) is 5.41 Å². The van der Waals surface area contributed by atoms with Gasteiger partial charge in [0.05, 0.1) is 13.3 Å². The van der Waals surface area contributed by atoms with Gasteiger partial charge in [-0.2, -0.15) is 5.10 Å². The number of unbranched alkanes of at least 4 members (excludes halogenated alkanes) is 15. The van der Waals surface area contributed by atoms with E-state index in [4.69, 9.17) is 17.0 Å². The second kappa shape index (κ2) is 20.4. The number of nitrogens with zero attached hydrogens (tertiary/aromatic N) is 1. The summed E-state index contributed by atoms with van der Waals surface area (Å²) in [4.78, 5) is 0. The van der Waals surface area contributed by atoms with E-state index in [0.29, 0.717) is 5.11 Å². The predicted octanol–water partition coefficient (Wildman–Crippen LogP) is 9.05. The molecule has 5 heteroatoms. The molecular weight excluding hydrogens is 462 g/mol. The fraction of sp³-hybridized carbons (Fsp3) is 0.742. The minimum Gasteiger partial charge on any atom is -0.496 e. The lowest BCUT2D eigenvalue weighted by Crippen LogP contribution is -2.32. The number of hydrazone groups is 1. The molecule has 0 aromatic heterocycles. The van der Waals surface area contributed by atoms with Gasteiger partial charge in [0.2, 0.25) is 0 Å². The van der Waals surface area contributed by atoms with Gasteiger partial charge in [-0.1, -0.05) is 124 Å². The van der Waals surface area contributed by atoms with Gasteiger partial charge in [-0.25, -0.2) is 0 Å². The summed E-state index contributed by atoms with van der Waals surface area (Å²) in [6.07, 6.45) is 24.0. The van der Waals surface area contributed by atoms with Crippen LogP contribution in [-0.4, -0.2) is 25.0 Å². The second-order valence-corrected chi connectivity index (χ2v) is 11.5. The number of benzene rings is 1. The predicted molar refractivity (Wildman–Crippen MR) is 163 cm³/mol. The van der Waals surface area contributed by atoms with Crippen LogP contribution in [0, 0.1) is 0 Å². The first-order valence-electron chi connectivity index (χ1n) is 14.6. The van der Waals surface area contributed by atoms with E-state index >= 15 is 0 Å². The molecule has 0 saturated carbocycles. The Morgan fingerprint density at radius 1 is 0.833 bits per heavy atom. The van der Waals surface area contributed by atoms with E-state index in [9.17, 15) is 0 Å². The van der Waals surface area contributed by atoms with Crippen molar-refractivity contribution in [1.82, 2.24) is 10.7 Å². The SMILES string of the molecule is CCCCCCCCCCCCCCCCCCNC(=S)NN=Cc1ccc(OC)c(C(C)(C)C)c1. The molecular formula is C31H55N3OS. The number of thiocarbonyl (C=S) groups is 1. The van der Waals surface area contributed by atoms with Crippen molar-refractivity contribution in [2.75, 3.05) is 13.7 Å². The number of hydrogen-bond donors (Lipinski definition) is 2. The Morgan fingerprint density at radius 3 is 1.81 bits per heavy atom. The van der Waals surface area contributed by atoms with Gasteiger partial charge >= 0.3 is 0 Å². The summed E-state index contributed by atoms with van der Waals surface area (Å²) in [5, 5.41) is 8.14. The van der Waals surface area contributed by atoms with Gasteiger partial charge in [-0.05, 0) is 47.8 Å². The van der Waals surface area contributed by atoms with Crippen molar-refractivity contribution >= 4 is 23.5 Å². The number of nitrogens with one attached hydrogen (secondary N) is 2. The Kier molecular flexibility index (Phi) is 18.4. The van der Waals surface area contributed by atoms with Crippen molar-refractivity contribution in [3.05, 3.63) is 29.3 Å². The molecule has 0 atom stereocenters. The van der Waals surface area contributed by atoms with Crippen LogP contribution in [0.1, 0.15) is 142 Å². The summed E-state index contributed by atoms with van der Waals surface area (Å²) in [6, 6.07) is 6.12. The molecule has 1 rings (SSSR count). The minimum absolute atomic E-state index is 0.00638. The maximum Gasteiger partial charge on any atom is 0.186 e. The molecule has 1 aromatic rings. The van der Waals surface area contributed by atoms with E-state index in [2.05, 4.69) is 49.6 Å². The summed E-state index contributed by atoms with van der Waals surface area (Å²) >= 11 is 5.35. The topological polar surface area (TPSA) is 45.7 Å². The first-order valence-corrected chi connectivity index (χ1v) is 15.0. The zero-order chi connectivity index (χ0) is 26.5. The van der Waals surface area contributed by atoms with Gasteiger partial charge in [0.15, 0.2) is 5.11 Å². The van der Waals surface area contributed by atoms with E-state index in [1.54, 1.807) is 13.3 Å². The van der Waals surface area contributed by atoms with Crippen molar-refractivity contribution in [3.63, 3.8) is 0 Å². The molecule has 0 heterocycles. The molecule has 0 saturated heterocycles. The molecule has 0 spiro atoms. The molecule has 1 aromatic carbocycles. The highest BCUT2D eigenvalue weighted by molar-refractivity contribution is 7.80. The smallest absolute Gasteiger partial charge is 0.186 e. The molecule has 0 amide bonds. The van der Waals surface area contributed by atoms with Crippen LogP contribution in [0.3, 0.4) is 0 Å². The first kappa shape index (κ1) is 32.4. The van der Waals surface area contributed by atoms with Crippen molar-refractivity contribution in [1.29, 1.82) is 0 Å². The van der Waals surface area contributed by atoms with Gasteiger partial charge in [-0.3, -0.25) is 5.43 Å². The molecule has 0 unspecified atom stereocenters. The lowest BCUT2D eigenvalue weighted by molar-refractivity contribution is 0.397. The fourth-order valence-electron chi connectivity index (χ4n) is 4.47. The zero-order valence-corrected chi connectivity index (χ0v) is 24.9. The average Bonchev–Trinajstić information content (AvgIpc) is 2.85. The highest BCUT2D eigenvalue weighted by atomic mass is 32.1. The number of ether oxygens (including phenoxy) is 1. The lowest BCUT2D eigenvalue weighted by Gasteiger charge is -2.22. The number of methoxy groups -OCH3 is 1. The summed E-state index contributed by atoms with van der Waals surface area (Å²) in [5.41, 5.74) is 5.12. The Bertz CT molecular complexity index is 727. The van der Waals surface area contributed by atoms with Crippen molar-refractivity contribution in [2.24, 2.45) is 5.10 Å².